The number of nitrogens with zero attached hydrogens (tertiary/aromatic N) is 1. The summed E-state index contributed by atoms with van der Waals surface area (Å²) in [6.07, 6.45) is 3.97. The number of benzene rings is 1. The van der Waals surface area contributed by atoms with E-state index in [1.807, 2.05) is 0 Å². The summed E-state index contributed by atoms with van der Waals surface area (Å²) in [5, 5.41) is 0.955. The topological polar surface area (TPSA) is 3.24 Å². The van der Waals surface area contributed by atoms with E-state index < -0.39 is 0 Å². The molecule has 0 bridgehead atoms. The third-order valence-electron chi connectivity index (χ3n) is 3.14. The van der Waals surface area contributed by atoms with Crippen molar-refractivity contribution in [3.05, 3.63) is 29.3 Å². The minimum absolute atomic E-state index is 0.806. The van der Waals surface area contributed by atoms with Crippen molar-refractivity contribution in [2.75, 3.05) is 11.4 Å². The number of halogens is 1. The fourth-order valence-corrected chi connectivity index (χ4v) is 2.68. The first-order chi connectivity index (χ1) is 7.76. The van der Waals surface area contributed by atoms with Crippen LogP contribution < -0.4 is 4.90 Å². The Kier molecular flexibility index (Phi) is 3.91. The molecule has 1 saturated carbocycles. The maximum absolute atomic E-state index is 3.60. The first kappa shape index (κ1) is 12.0. The summed E-state index contributed by atoms with van der Waals surface area (Å²) >= 11 is 3.60. The van der Waals surface area contributed by atoms with Crippen molar-refractivity contribution in [1.29, 1.82) is 0 Å². The molecular weight excluding hydrogens is 262 g/mol. The molecule has 1 aromatic carbocycles. The molecule has 1 aromatic rings. The fourth-order valence-electron chi connectivity index (χ4n) is 2.23. The van der Waals surface area contributed by atoms with Gasteiger partial charge in [0, 0.05) is 23.6 Å². The summed E-state index contributed by atoms with van der Waals surface area (Å²) < 4.78 is 0. The Balaban J connectivity index is 2.28. The van der Waals surface area contributed by atoms with E-state index in [2.05, 4.69) is 52.9 Å². The van der Waals surface area contributed by atoms with Gasteiger partial charge >= 0.3 is 0 Å². The van der Waals surface area contributed by atoms with Crippen molar-refractivity contribution in [3.63, 3.8) is 0 Å². The molecule has 0 saturated heterocycles. The molecule has 0 heterocycles. The Hall–Kier alpha value is -0.500. The molecule has 0 radical (unpaired) electrons. The Labute approximate surface area is 107 Å². The van der Waals surface area contributed by atoms with E-state index in [9.17, 15) is 0 Å². The molecular formula is C14H20BrN. The van der Waals surface area contributed by atoms with E-state index in [1.54, 1.807) is 0 Å². The van der Waals surface area contributed by atoms with Crippen molar-refractivity contribution in [1.82, 2.24) is 0 Å². The molecule has 1 aliphatic rings. The molecule has 1 fully saturated rings. The molecule has 0 aliphatic heterocycles. The summed E-state index contributed by atoms with van der Waals surface area (Å²) in [6.45, 7) is 5.61. The second kappa shape index (κ2) is 5.22. The molecule has 2 heteroatoms. The largest absolute Gasteiger partial charge is 0.368 e. The van der Waals surface area contributed by atoms with Crippen LogP contribution in [-0.4, -0.2) is 12.6 Å². The van der Waals surface area contributed by atoms with Gasteiger partial charge in [0.05, 0.1) is 0 Å². The highest BCUT2D eigenvalue weighted by Crippen LogP contribution is 2.34. The van der Waals surface area contributed by atoms with E-state index in [-0.39, 0.29) is 0 Å². The molecule has 0 amide bonds. The van der Waals surface area contributed by atoms with Crippen LogP contribution in [0.4, 0.5) is 5.69 Å². The quantitative estimate of drug-likeness (QED) is 0.729. The average Bonchev–Trinajstić information content (AvgIpc) is 3.10. The molecule has 1 nitrogen and oxygen atoms in total. The molecule has 0 atom stereocenters. The van der Waals surface area contributed by atoms with Crippen molar-refractivity contribution in [3.8, 4) is 0 Å². The van der Waals surface area contributed by atoms with Gasteiger partial charge in [-0.3, -0.25) is 0 Å². The Morgan fingerprint density at radius 1 is 1.38 bits per heavy atom. The van der Waals surface area contributed by atoms with Gasteiger partial charge in [0.25, 0.3) is 0 Å². The summed E-state index contributed by atoms with van der Waals surface area (Å²) in [6, 6.07) is 7.63. The summed E-state index contributed by atoms with van der Waals surface area (Å²) in [5.41, 5.74) is 4.22. The van der Waals surface area contributed by atoms with Gasteiger partial charge in [-0.25, -0.2) is 0 Å². The van der Waals surface area contributed by atoms with Crippen molar-refractivity contribution in [2.24, 2.45) is 0 Å². The number of alkyl halides is 1. The van der Waals surface area contributed by atoms with Gasteiger partial charge in [0.2, 0.25) is 0 Å². The van der Waals surface area contributed by atoms with Gasteiger partial charge in [-0.05, 0) is 37.8 Å². The Bertz CT molecular complexity index is 358. The summed E-state index contributed by atoms with van der Waals surface area (Å²) in [4.78, 5) is 2.59. The molecule has 0 N–H and O–H groups in total. The lowest BCUT2D eigenvalue weighted by Crippen LogP contribution is -2.27. The van der Waals surface area contributed by atoms with Crippen molar-refractivity contribution >= 4 is 21.6 Å². The second-order valence-electron chi connectivity index (χ2n) is 4.69. The third-order valence-corrected chi connectivity index (χ3v) is 3.74. The van der Waals surface area contributed by atoms with Gasteiger partial charge in [-0.15, -0.1) is 0 Å². The van der Waals surface area contributed by atoms with Crippen LogP contribution in [0.25, 0.3) is 0 Å². The zero-order valence-electron chi connectivity index (χ0n) is 10.2. The van der Waals surface area contributed by atoms with Crippen LogP contribution in [0.15, 0.2) is 18.2 Å². The maximum atomic E-state index is 3.60. The summed E-state index contributed by atoms with van der Waals surface area (Å²) in [7, 11) is 0. The van der Waals surface area contributed by atoms with Crippen LogP contribution in [0.5, 0.6) is 0 Å². The normalized spacial score (nSPS) is 15.2. The van der Waals surface area contributed by atoms with Crippen molar-refractivity contribution < 1.29 is 0 Å². The monoisotopic (exact) mass is 281 g/mol. The highest BCUT2D eigenvalue weighted by Gasteiger charge is 2.29. The molecule has 88 valence electrons. The van der Waals surface area contributed by atoms with Gasteiger partial charge in [-0.1, -0.05) is 40.5 Å². The first-order valence-corrected chi connectivity index (χ1v) is 7.30. The lowest BCUT2D eigenvalue weighted by atomic mass is 10.1. The number of rotatable bonds is 5. The van der Waals surface area contributed by atoms with Crippen LogP contribution in [0.1, 0.15) is 37.3 Å². The van der Waals surface area contributed by atoms with E-state index in [4.69, 9.17) is 0 Å². The van der Waals surface area contributed by atoms with E-state index in [0.29, 0.717) is 0 Å². The Morgan fingerprint density at radius 2 is 2.12 bits per heavy atom. The molecule has 0 unspecified atom stereocenters. The minimum Gasteiger partial charge on any atom is -0.368 e. The number of hydrogen-bond donors (Lipinski definition) is 0. The van der Waals surface area contributed by atoms with Crippen LogP contribution in [0.3, 0.4) is 0 Å². The van der Waals surface area contributed by atoms with Crippen LogP contribution in [-0.2, 0) is 5.33 Å². The highest BCUT2D eigenvalue weighted by atomic mass is 79.9. The predicted molar refractivity (Wildman–Crippen MR) is 74.5 cm³/mol. The van der Waals surface area contributed by atoms with E-state index in [1.165, 1.54) is 42.6 Å². The number of anilines is 1. The van der Waals surface area contributed by atoms with Crippen LogP contribution in [0, 0.1) is 6.92 Å². The lowest BCUT2D eigenvalue weighted by molar-refractivity contribution is 0.760. The zero-order valence-corrected chi connectivity index (χ0v) is 11.8. The van der Waals surface area contributed by atoms with E-state index >= 15 is 0 Å². The van der Waals surface area contributed by atoms with Gasteiger partial charge < -0.3 is 4.90 Å². The third kappa shape index (κ3) is 2.60. The summed E-state index contributed by atoms with van der Waals surface area (Å²) in [5.74, 6) is 0. The molecule has 1 aliphatic carbocycles. The van der Waals surface area contributed by atoms with Gasteiger partial charge in [-0.2, -0.15) is 0 Å². The smallest absolute Gasteiger partial charge is 0.0410 e. The SMILES string of the molecule is CCCN(c1ccc(C)cc1CBr)C1CC1. The Morgan fingerprint density at radius 3 is 2.69 bits per heavy atom. The standard InChI is InChI=1S/C14H20BrN/c1-3-8-16(13-5-6-13)14-7-4-11(2)9-12(14)10-15/h4,7,9,13H,3,5-6,8,10H2,1-2H3. The number of hydrogen-bond acceptors (Lipinski definition) is 1. The molecule has 2 rings (SSSR count). The minimum atomic E-state index is 0.806. The van der Waals surface area contributed by atoms with Gasteiger partial charge in [0.1, 0.15) is 0 Å². The second-order valence-corrected chi connectivity index (χ2v) is 5.25. The van der Waals surface area contributed by atoms with Crippen LogP contribution in [0.2, 0.25) is 0 Å². The molecule has 16 heavy (non-hydrogen) atoms. The average molecular weight is 282 g/mol. The maximum Gasteiger partial charge on any atom is 0.0410 e. The fraction of sp³-hybridized carbons (Fsp3) is 0.571. The predicted octanol–water partition coefficient (Wildman–Crippen LogP) is 4.27. The van der Waals surface area contributed by atoms with E-state index in [0.717, 1.165) is 11.4 Å². The first-order valence-electron chi connectivity index (χ1n) is 6.18. The highest BCUT2D eigenvalue weighted by molar-refractivity contribution is 9.08. The van der Waals surface area contributed by atoms with Gasteiger partial charge in [0.15, 0.2) is 0 Å². The van der Waals surface area contributed by atoms with Crippen LogP contribution >= 0.6 is 15.9 Å². The lowest BCUT2D eigenvalue weighted by Gasteiger charge is -2.26. The zero-order chi connectivity index (χ0) is 11.5. The molecule has 0 spiro atoms. The number of aryl methyl sites for hydroxylation is 1. The van der Waals surface area contributed by atoms with Crippen molar-refractivity contribution in [2.45, 2.75) is 44.5 Å². The molecule has 0 aromatic heterocycles.